The Kier molecular flexibility index (Phi) is 4.86. The topological polar surface area (TPSA) is 20.2 Å². The molecule has 4 heteroatoms. The number of benzene rings is 2. The summed E-state index contributed by atoms with van der Waals surface area (Å²) in [5, 5.41) is 10.5. The van der Waals surface area contributed by atoms with Crippen LogP contribution in [-0.2, 0) is 0 Å². The summed E-state index contributed by atoms with van der Waals surface area (Å²) in [6.45, 7) is 2.02. The quantitative estimate of drug-likeness (QED) is 0.584. The molecule has 0 spiro atoms. The molecular weight excluding hydrogens is 471 g/mol. The molecule has 1 unspecified atom stereocenters. The van der Waals surface area contributed by atoms with Crippen LogP contribution < -0.4 is 0 Å². The van der Waals surface area contributed by atoms with Gasteiger partial charge in [-0.1, -0.05) is 44.0 Å². The number of hydrogen-bond donors (Lipinski definition) is 1. The van der Waals surface area contributed by atoms with Crippen LogP contribution in [0.1, 0.15) is 22.8 Å². The largest absolute Gasteiger partial charge is 0.384 e. The Labute approximate surface area is 137 Å². The van der Waals surface area contributed by atoms with Gasteiger partial charge in [0.1, 0.15) is 6.10 Å². The van der Waals surface area contributed by atoms with Crippen molar-refractivity contribution in [3.63, 3.8) is 0 Å². The van der Waals surface area contributed by atoms with Crippen LogP contribution in [0.2, 0.25) is 0 Å². The summed E-state index contributed by atoms with van der Waals surface area (Å²) in [6.07, 6.45) is -0.619. The van der Waals surface area contributed by atoms with Crippen molar-refractivity contribution in [2.75, 3.05) is 0 Å². The minimum Gasteiger partial charge on any atom is -0.384 e. The fraction of sp³-hybridized carbons (Fsp3) is 0.143. The molecule has 0 aromatic heterocycles. The Bertz CT molecular complexity index is 584. The second-order valence-electron chi connectivity index (χ2n) is 4.08. The fourth-order valence-corrected chi connectivity index (χ4v) is 3.33. The zero-order valence-corrected chi connectivity index (χ0v) is 15.0. The predicted molar refractivity (Wildman–Crippen MR) is 89.8 cm³/mol. The average molecular weight is 482 g/mol. The lowest BCUT2D eigenvalue weighted by atomic mass is 10.0. The molecule has 0 amide bonds. The SMILES string of the molecule is Cc1cc(Br)c(C(O)c2cccc(I)c2)cc1Br. The summed E-state index contributed by atoms with van der Waals surface area (Å²) in [7, 11) is 0. The highest BCUT2D eigenvalue weighted by Gasteiger charge is 2.15. The van der Waals surface area contributed by atoms with Crippen molar-refractivity contribution in [3.05, 3.63) is 65.6 Å². The van der Waals surface area contributed by atoms with Crippen LogP contribution in [-0.4, -0.2) is 5.11 Å². The molecule has 1 nitrogen and oxygen atoms in total. The zero-order chi connectivity index (χ0) is 13.3. The molecule has 2 aromatic rings. The smallest absolute Gasteiger partial charge is 0.105 e. The standard InChI is InChI=1S/C14H11Br2IO/c1-8-5-13(16)11(7-12(8)15)14(18)9-3-2-4-10(17)6-9/h2-7,14,18H,1H3. The Morgan fingerprint density at radius 1 is 1.11 bits per heavy atom. The highest BCUT2D eigenvalue weighted by Crippen LogP contribution is 2.33. The summed E-state index contributed by atoms with van der Waals surface area (Å²) >= 11 is 9.26. The van der Waals surface area contributed by atoms with E-state index in [2.05, 4.69) is 54.5 Å². The Morgan fingerprint density at radius 2 is 1.83 bits per heavy atom. The molecule has 0 saturated carbocycles. The highest BCUT2D eigenvalue weighted by atomic mass is 127. The van der Waals surface area contributed by atoms with Gasteiger partial charge in [0.15, 0.2) is 0 Å². The van der Waals surface area contributed by atoms with Gasteiger partial charge >= 0.3 is 0 Å². The molecule has 1 N–H and O–H groups in total. The minimum atomic E-state index is -0.619. The summed E-state index contributed by atoms with van der Waals surface area (Å²) in [5.41, 5.74) is 2.91. The molecule has 0 aliphatic rings. The number of aliphatic hydroxyl groups excluding tert-OH is 1. The van der Waals surface area contributed by atoms with Crippen molar-refractivity contribution >= 4 is 54.5 Å². The van der Waals surface area contributed by atoms with Gasteiger partial charge in [0, 0.05) is 18.1 Å². The first-order valence-corrected chi connectivity index (χ1v) is 8.04. The molecule has 0 radical (unpaired) electrons. The van der Waals surface area contributed by atoms with E-state index >= 15 is 0 Å². The van der Waals surface area contributed by atoms with Crippen molar-refractivity contribution in [1.29, 1.82) is 0 Å². The molecule has 0 saturated heterocycles. The van der Waals surface area contributed by atoms with Gasteiger partial charge in [-0.15, -0.1) is 0 Å². The van der Waals surface area contributed by atoms with Crippen LogP contribution in [0.3, 0.4) is 0 Å². The number of rotatable bonds is 2. The Morgan fingerprint density at radius 3 is 2.50 bits per heavy atom. The molecule has 2 aromatic carbocycles. The molecule has 0 aliphatic carbocycles. The van der Waals surface area contributed by atoms with Crippen LogP contribution in [0, 0.1) is 10.5 Å². The highest BCUT2D eigenvalue weighted by molar-refractivity contribution is 14.1. The molecule has 0 bridgehead atoms. The summed E-state index contributed by atoms with van der Waals surface area (Å²) in [5.74, 6) is 0. The van der Waals surface area contributed by atoms with E-state index in [1.807, 2.05) is 43.3 Å². The van der Waals surface area contributed by atoms with Crippen molar-refractivity contribution < 1.29 is 5.11 Å². The van der Waals surface area contributed by atoms with Crippen molar-refractivity contribution in [3.8, 4) is 0 Å². The number of aryl methyl sites for hydroxylation is 1. The molecule has 1 atom stereocenters. The Balaban J connectivity index is 2.46. The van der Waals surface area contributed by atoms with Gasteiger partial charge in [0.25, 0.3) is 0 Å². The van der Waals surface area contributed by atoms with Crippen LogP contribution in [0.25, 0.3) is 0 Å². The van der Waals surface area contributed by atoms with E-state index in [1.165, 1.54) is 0 Å². The summed E-state index contributed by atoms with van der Waals surface area (Å²) in [6, 6.07) is 11.9. The number of halogens is 3. The maximum absolute atomic E-state index is 10.5. The van der Waals surface area contributed by atoms with Gasteiger partial charge in [0.2, 0.25) is 0 Å². The van der Waals surface area contributed by atoms with Crippen LogP contribution in [0.4, 0.5) is 0 Å². The predicted octanol–water partition coefficient (Wildman–Crippen LogP) is 5.21. The van der Waals surface area contributed by atoms with Gasteiger partial charge in [-0.2, -0.15) is 0 Å². The van der Waals surface area contributed by atoms with Crippen LogP contribution in [0.5, 0.6) is 0 Å². The van der Waals surface area contributed by atoms with Crippen molar-refractivity contribution in [2.45, 2.75) is 13.0 Å². The zero-order valence-electron chi connectivity index (χ0n) is 9.62. The lowest BCUT2D eigenvalue weighted by Gasteiger charge is -2.15. The molecule has 0 fully saturated rings. The van der Waals surface area contributed by atoms with Gasteiger partial charge in [0.05, 0.1) is 0 Å². The minimum absolute atomic E-state index is 0.619. The second kappa shape index (κ2) is 6.03. The molecule has 0 aliphatic heterocycles. The number of aliphatic hydroxyl groups is 1. The van der Waals surface area contributed by atoms with E-state index in [-0.39, 0.29) is 0 Å². The summed E-state index contributed by atoms with van der Waals surface area (Å²) < 4.78 is 3.05. The third-order valence-corrected chi connectivity index (χ3v) is 4.95. The van der Waals surface area contributed by atoms with E-state index in [1.54, 1.807) is 0 Å². The van der Waals surface area contributed by atoms with E-state index in [9.17, 15) is 5.11 Å². The third kappa shape index (κ3) is 3.15. The maximum atomic E-state index is 10.5. The first-order chi connectivity index (χ1) is 8.49. The Hall–Kier alpha value is 0.0900. The lowest BCUT2D eigenvalue weighted by molar-refractivity contribution is 0.219. The van der Waals surface area contributed by atoms with E-state index in [0.717, 1.165) is 29.2 Å². The molecule has 94 valence electrons. The monoisotopic (exact) mass is 480 g/mol. The van der Waals surface area contributed by atoms with Crippen LogP contribution in [0.15, 0.2) is 45.3 Å². The lowest BCUT2D eigenvalue weighted by Crippen LogP contribution is -2.01. The van der Waals surface area contributed by atoms with Gasteiger partial charge in [-0.3, -0.25) is 0 Å². The second-order valence-corrected chi connectivity index (χ2v) is 7.03. The van der Waals surface area contributed by atoms with Gasteiger partial charge < -0.3 is 5.11 Å². The summed E-state index contributed by atoms with van der Waals surface area (Å²) in [4.78, 5) is 0. The van der Waals surface area contributed by atoms with E-state index in [4.69, 9.17) is 0 Å². The molecule has 18 heavy (non-hydrogen) atoms. The van der Waals surface area contributed by atoms with Gasteiger partial charge in [-0.25, -0.2) is 0 Å². The third-order valence-electron chi connectivity index (χ3n) is 2.74. The average Bonchev–Trinajstić information content (AvgIpc) is 2.33. The van der Waals surface area contributed by atoms with Crippen molar-refractivity contribution in [2.24, 2.45) is 0 Å². The molecule has 2 rings (SSSR count). The first-order valence-electron chi connectivity index (χ1n) is 5.38. The van der Waals surface area contributed by atoms with Gasteiger partial charge in [-0.05, 0) is 64.9 Å². The van der Waals surface area contributed by atoms with Crippen molar-refractivity contribution in [1.82, 2.24) is 0 Å². The van der Waals surface area contributed by atoms with E-state index < -0.39 is 6.10 Å². The van der Waals surface area contributed by atoms with Crippen LogP contribution >= 0.6 is 54.5 Å². The number of hydrogen-bond acceptors (Lipinski definition) is 1. The first kappa shape index (κ1) is 14.5. The molecule has 0 heterocycles. The normalized spacial score (nSPS) is 12.5. The fourth-order valence-electron chi connectivity index (χ4n) is 1.73. The maximum Gasteiger partial charge on any atom is 0.105 e. The van der Waals surface area contributed by atoms with E-state index in [0.29, 0.717) is 0 Å². The molecular formula is C14H11Br2IO.